The lowest BCUT2D eigenvalue weighted by Crippen LogP contribution is -2.23. The molecule has 0 atom stereocenters. The summed E-state index contributed by atoms with van der Waals surface area (Å²) in [4.78, 5) is 19.0. The number of hydrogen-bond acceptors (Lipinski definition) is 4. The van der Waals surface area contributed by atoms with Crippen LogP contribution in [0.2, 0.25) is 0 Å². The number of phenols is 1. The number of amides is 1. The quantitative estimate of drug-likeness (QED) is 0.776. The third kappa shape index (κ3) is 3.65. The molecule has 0 radical (unpaired) electrons. The molecule has 6 heteroatoms. The number of thioether (sulfide) groups is 1. The van der Waals surface area contributed by atoms with E-state index >= 15 is 0 Å². The van der Waals surface area contributed by atoms with Gasteiger partial charge in [-0.3, -0.25) is 9.69 Å². The number of hydrogen-bond donors (Lipinski definition) is 1. The van der Waals surface area contributed by atoms with Crippen LogP contribution in [0.15, 0.2) is 62.9 Å². The molecule has 1 aliphatic heterocycles. The number of halogens is 1. The van der Waals surface area contributed by atoms with Crippen LogP contribution in [0.4, 0.5) is 5.69 Å². The molecule has 2 aromatic rings. The van der Waals surface area contributed by atoms with Crippen molar-refractivity contribution in [2.45, 2.75) is 0 Å². The van der Waals surface area contributed by atoms with E-state index in [-0.39, 0.29) is 11.7 Å². The maximum atomic E-state index is 12.3. The highest BCUT2D eigenvalue weighted by atomic mass is 79.9. The Labute approximate surface area is 146 Å². The van der Waals surface area contributed by atoms with Gasteiger partial charge in [0.05, 0.1) is 10.6 Å². The summed E-state index contributed by atoms with van der Waals surface area (Å²) in [6.45, 7) is 0. The first-order valence-corrected chi connectivity index (χ1v) is 8.45. The predicted octanol–water partition coefficient (Wildman–Crippen LogP) is 4.39. The van der Waals surface area contributed by atoms with Crippen molar-refractivity contribution in [1.29, 1.82) is 0 Å². The molecule has 1 heterocycles. The molecule has 2 aromatic carbocycles. The lowest BCUT2D eigenvalue weighted by Gasteiger charge is -2.07. The number of phenolic OH excluding ortho intramolecular Hbond substituents is 1. The number of carbonyl (C=O) groups excluding carboxylic acids is 1. The van der Waals surface area contributed by atoms with Gasteiger partial charge < -0.3 is 5.11 Å². The van der Waals surface area contributed by atoms with Gasteiger partial charge in [0.2, 0.25) is 0 Å². The van der Waals surface area contributed by atoms with E-state index in [9.17, 15) is 9.90 Å². The molecule has 0 saturated carbocycles. The number of aliphatic imine (C=N–C) groups is 1. The van der Waals surface area contributed by atoms with Crippen LogP contribution in [0.3, 0.4) is 0 Å². The monoisotopic (exact) mass is 388 g/mol. The zero-order valence-electron chi connectivity index (χ0n) is 12.2. The SMILES string of the molecule is CN1C(=O)/C(=C/c2ccc(Br)cc2)SC1=Nc1ccc(O)cc1. The summed E-state index contributed by atoms with van der Waals surface area (Å²) in [5.74, 6) is 0.115. The fourth-order valence-electron chi connectivity index (χ4n) is 2.00. The van der Waals surface area contributed by atoms with Crippen molar-refractivity contribution in [1.82, 2.24) is 4.90 Å². The van der Waals surface area contributed by atoms with Crippen molar-refractivity contribution in [3.63, 3.8) is 0 Å². The van der Waals surface area contributed by atoms with E-state index in [0.717, 1.165) is 10.0 Å². The maximum Gasteiger partial charge on any atom is 0.266 e. The van der Waals surface area contributed by atoms with Crippen LogP contribution in [-0.4, -0.2) is 28.1 Å². The molecule has 23 heavy (non-hydrogen) atoms. The van der Waals surface area contributed by atoms with Crippen LogP contribution in [-0.2, 0) is 4.79 Å². The van der Waals surface area contributed by atoms with E-state index in [1.807, 2.05) is 30.3 Å². The summed E-state index contributed by atoms with van der Waals surface area (Å²) in [6, 6.07) is 14.3. The number of rotatable bonds is 2. The van der Waals surface area contributed by atoms with E-state index in [0.29, 0.717) is 15.8 Å². The summed E-state index contributed by atoms with van der Waals surface area (Å²) >= 11 is 4.73. The minimum Gasteiger partial charge on any atom is -0.508 e. The molecule has 1 aliphatic rings. The second kappa shape index (κ2) is 6.60. The van der Waals surface area contributed by atoms with Gasteiger partial charge in [0.1, 0.15) is 5.75 Å². The van der Waals surface area contributed by atoms with Crippen molar-refractivity contribution in [2.24, 2.45) is 4.99 Å². The number of benzene rings is 2. The van der Waals surface area contributed by atoms with Crippen molar-refractivity contribution >= 4 is 50.5 Å². The van der Waals surface area contributed by atoms with Crippen LogP contribution in [0.1, 0.15) is 5.56 Å². The van der Waals surface area contributed by atoms with Crippen LogP contribution in [0.25, 0.3) is 6.08 Å². The summed E-state index contributed by atoms with van der Waals surface area (Å²) in [7, 11) is 1.71. The highest BCUT2D eigenvalue weighted by Crippen LogP contribution is 2.33. The van der Waals surface area contributed by atoms with E-state index < -0.39 is 0 Å². The van der Waals surface area contributed by atoms with Gasteiger partial charge in [0, 0.05) is 11.5 Å². The van der Waals surface area contributed by atoms with E-state index in [2.05, 4.69) is 20.9 Å². The van der Waals surface area contributed by atoms with Crippen LogP contribution in [0.5, 0.6) is 5.75 Å². The highest BCUT2D eigenvalue weighted by molar-refractivity contribution is 9.10. The number of aromatic hydroxyl groups is 1. The topological polar surface area (TPSA) is 52.9 Å². The Kier molecular flexibility index (Phi) is 4.54. The molecular weight excluding hydrogens is 376 g/mol. The normalized spacial score (nSPS) is 18.2. The molecule has 1 fully saturated rings. The average Bonchev–Trinajstić information content (AvgIpc) is 2.80. The van der Waals surface area contributed by atoms with Gasteiger partial charge in [-0.2, -0.15) is 0 Å². The third-order valence-electron chi connectivity index (χ3n) is 3.25. The van der Waals surface area contributed by atoms with Gasteiger partial charge in [0.25, 0.3) is 5.91 Å². The Morgan fingerprint density at radius 1 is 1.13 bits per heavy atom. The minimum atomic E-state index is -0.0737. The average molecular weight is 389 g/mol. The van der Waals surface area contributed by atoms with Crippen molar-refractivity contribution in [2.75, 3.05) is 7.05 Å². The van der Waals surface area contributed by atoms with Gasteiger partial charge in [-0.1, -0.05) is 28.1 Å². The summed E-state index contributed by atoms with van der Waals surface area (Å²) in [5, 5.41) is 9.92. The fourth-order valence-corrected chi connectivity index (χ4v) is 3.25. The Bertz CT molecular complexity index is 798. The molecule has 3 rings (SSSR count). The highest BCUT2D eigenvalue weighted by Gasteiger charge is 2.30. The second-order valence-corrected chi connectivity index (χ2v) is 6.86. The zero-order chi connectivity index (χ0) is 16.4. The second-order valence-electron chi connectivity index (χ2n) is 4.94. The van der Waals surface area contributed by atoms with Gasteiger partial charge in [-0.05, 0) is 59.8 Å². The first-order chi connectivity index (χ1) is 11.0. The maximum absolute atomic E-state index is 12.3. The fraction of sp³-hybridized carbons (Fsp3) is 0.0588. The molecule has 4 nitrogen and oxygen atoms in total. The number of nitrogens with zero attached hydrogens (tertiary/aromatic N) is 2. The summed E-state index contributed by atoms with van der Waals surface area (Å²) in [6.07, 6.45) is 1.86. The van der Waals surface area contributed by atoms with Gasteiger partial charge in [-0.15, -0.1) is 0 Å². The number of likely N-dealkylation sites (N-methyl/N-ethyl adjacent to an activating group) is 1. The van der Waals surface area contributed by atoms with E-state index in [4.69, 9.17) is 0 Å². The predicted molar refractivity (Wildman–Crippen MR) is 97.7 cm³/mol. The third-order valence-corrected chi connectivity index (χ3v) is 4.83. The van der Waals surface area contributed by atoms with E-state index in [1.54, 1.807) is 31.3 Å². The van der Waals surface area contributed by atoms with Gasteiger partial charge >= 0.3 is 0 Å². The van der Waals surface area contributed by atoms with Gasteiger partial charge in [0.15, 0.2) is 5.17 Å². The molecule has 0 unspecified atom stereocenters. The first-order valence-electron chi connectivity index (χ1n) is 6.84. The Balaban J connectivity index is 1.87. The molecule has 0 bridgehead atoms. The smallest absolute Gasteiger partial charge is 0.266 e. The number of carbonyl (C=O) groups is 1. The van der Waals surface area contributed by atoms with Crippen LogP contribution >= 0.6 is 27.7 Å². The summed E-state index contributed by atoms with van der Waals surface area (Å²) < 4.78 is 0.997. The lowest BCUT2D eigenvalue weighted by molar-refractivity contribution is -0.121. The molecule has 0 aliphatic carbocycles. The molecule has 116 valence electrons. The largest absolute Gasteiger partial charge is 0.508 e. The molecule has 1 saturated heterocycles. The molecule has 0 spiro atoms. The molecule has 1 N–H and O–H groups in total. The lowest BCUT2D eigenvalue weighted by atomic mass is 10.2. The Hall–Kier alpha value is -2.05. The number of amidine groups is 1. The molecular formula is C17H13BrN2O2S. The Morgan fingerprint density at radius 2 is 1.78 bits per heavy atom. The van der Waals surface area contributed by atoms with Crippen molar-refractivity contribution < 1.29 is 9.90 Å². The minimum absolute atomic E-state index is 0.0737. The van der Waals surface area contributed by atoms with Crippen molar-refractivity contribution in [3.05, 3.63) is 63.5 Å². The zero-order valence-corrected chi connectivity index (χ0v) is 14.6. The summed E-state index contributed by atoms with van der Waals surface area (Å²) in [5.41, 5.74) is 1.65. The van der Waals surface area contributed by atoms with Crippen LogP contribution < -0.4 is 0 Å². The van der Waals surface area contributed by atoms with E-state index in [1.165, 1.54) is 16.7 Å². The van der Waals surface area contributed by atoms with Gasteiger partial charge in [-0.25, -0.2) is 4.99 Å². The molecule has 0 aromatic heterocycles. The van der Waals surface area contributed by atoms with Crippen LogP contribution in [0, 0.1) is 0 Å². The van der Waals surface area contributed by atoms with Crippen molar-refractivity contribution in [3.8, 4) is 5.75 Å². The standard InChI is InChI=1S/C17H13BrN2O2S/c1-20-16(22)15(10-11-2-4-12(18)5-3-11)23-17(20)19-13-6-8-14(21)9-7-13/h2-10,21H,1H3/b15-10-,19-17?. The first kappa shape index (κ1) is 15.8. The Morgan fingerprint density at radius 3 is 2.43 bits per heavy atom. The molecule has 1 amide bonds.